The molecule has 2 rings (SSSR count). The van der Waals surface area contributed by atoms with E-state index in [2.05, 4.69) is 18.7 Å². The number of aromatic hydroxyl groups is 2. The maximum Gasteiger partial charge on any atom is 0.176 e. The van der Waals surface area contributed by atoms with Crippen molar-refractivity contribution >= 4 is 5.78 Å². The molecule has 0 radical (unpaired) electrons. The average Bonchev–Trinajstić information content (AvgIpc) is 2.62. The van der Waals surface area contributed by atoms with Crippen LogP contribution < -0.4 is 0 Å². The smallest absolute Gasteiger partial charge is 0.176 e. The molecule has 1 heterocycles. The number of Topliss-reactive ketones (excluding diaryl/α,β-unsaturated/α-hetero) is 1. The van der Waals surface area contributed by atoms with Gasteiger partial charge in [-0.25, -0.2) is 0 Å². The SMILES string of the molecule is CC1(C)CCCN1CC(=O)c1ccc(O)c(O)c1. The van der Waals surface area contributed by atoms with Gasteiger partial charge in [-0.05, 0) is 51.4 Å². The number of ketones is 1. The molecule has 4 nitrogen and oxygen atoms in total. The molecule has 1 saturated heterocycles. The van der Waals surface area contributed by atoms with Gasteiger partial charge >= 0.3 is 0 Å². The van der Waals surface area contributed by atoms with Gasteiger partial charge in [0.05, 0.1) is 6.54 Å². The van der Waals surface area contributed by atoms with Crippen LogP contribution in [0.2, 0.25) is 0 Å². The first-order valence-electron chi connectivity index (χ1n) is 6.20. The molecule has 0 saturated carbocycles. The van der Waals surface area contributed by atoms with E-state index in [1.807, 2.05) is 0 Å². The first-order valence-corrected chi connectivity index (χ1v) is 6.20. The molecule has 18 heavy (non-hydrogen) atoms. The van der Waals surface area contributed by atoms with Crippen molar-refractivity contribution in [3.63, 3.8) is 0 Å². The quantitative estimate of drug-likeness (QED) is 0.636. The van der Waals surface area contributed by atoms with Gasteiger partial charge in [-0.15, -0.1) is 0 Å². The van der Waals surface area contributed by atoms with Crippen LogP contribution in [0.1, 0.15) is 37.0 Å². The van der Waals surface area contributed by atoms with Crippen molar-refractivity contribution in [2.45, 2.75) is 32.2 Å². The standard InChI is InChI=1S/C14H19NO3/c1-14(2)6-3-7-15(14)9-13(18)10-4-5-11(16)12(17)8-10/h4-5,8,16-17H,3,6-7,9H2,1-2H3. The van der Waals surface area contributed by atoms with Crippen LogP contribution in [0.15, 0.2) is 18.2 Å². The fraction of sp³-hybridized carbons (Fsp3) is 0.500. The Hall–Kier alpha value is -1.55. The monoisotopic (exact) mass is 249 g/mol. The number of hydrogen-bond acceptors (Lipinski definition) is 4. The Morgan fingerprint density at radius 2 is 2.06 bits per heavy atom. The van der Waals surface area contributed by atoms with Crippen LogP contribution in [0.5, 0.6) is 11.5 Å². The highest BCUT2D eigenvalue weighted by atomic mass is 16.3. The molecule has 1 aliphatic rings. The predicted octanol–water partition coefficient (Wildman–Crippen LogP) is 2.15. The van der Waals surface area contributed by atoms with Crippen molar-refractivity contribution in [3.05, 3.63) is 23.8 Å². The summed E-state index contributed by atoms with van der Waals surface area (Å²) in [5.41, 5.74) is 0.502. The number of hydrogen-bond donors (Lipinski definition) is 2. The van der Waals surface area contributed by atoms with Crippen LogP contribution in [0.4, 0.5) is 0 Å². The van der Waals surface area contributed by atoms with Gasteiger partial charge in [0.15, 0.2) is 17.3 Å². The number of rotatable bonds is 3. The molecule has 0 aromatic heterocycles. The summed E-state index contributed by atoms with van der Waals surface area (Å²) in [7, 11) is 0. The van der Waals surface area contributed by atoms with E-state index in [-0.39, 0.29) is 22.8 Å². The summed E-state index contributed by atoms with van der Waals surface area (Å²) in [5, 5.41) is 18.6. The van der Waals surface area contributed by atoms with Crippen molar-refractivity contribution in [3.8, 4) is 11.5 Å². The van der Waals surface area contributed by atoms with Gasteiger partial charge in [-0.1, -0.05) is 0 Å². The topological polar surface area (TPSA) is 60.8 Å². The van der Waals surface area contributed by atoms with Crippen LogP contribution >= 0.6 is 0 Å². The van der Waals surface area contributed by atoms with Crippen LogP contribution in [-0.2, 0) is 0 Å². The summed E-state index contributed by atoms with van der Waals surface area (Å²) in [6.45, 7) is 5.57. The molecule has 1 fully saturated rings. The van der Waals surface area contributed by atoms with E-state index in [1.54, 1.807) is 6.07 Å². The fourth-order valence-corrected chi connectivity index (χ4v) is 2.42. The van der Waals surface area contributed by atoms with Gasteiger partial charge in [-0.2, -0.15) is 0 Å². The lowest BCUT2D eigenvalue weighted by atomic mass is 10.0. The van der Waals surface area contributed by atoms with Gasteiger partial charge in [0.2, 0.25) is 0 Å². The second kappa shape index (κ2) is 4.61. The molecular weight excluding hydrogens is 230 g/mol. The van der Waals surface area contributed by atoms with E-state index < -0.39 is 0 Å². The summed E-state index contributed by atoms with van der Waals surface area (Å²) >= 11 is 0. The predicted molar refractivity (Wildman–Crippen MR) is 69.0 cm³/mol. The number of phenols is 2. The van der Waals surface area contributed by atoms with E-state index in [0.29, 0.717) is 12.1 Å². The molecule has 1 aliphatic heterocycles. The average molecular weight is 249 g/mol. The minimum atomic E-state index is -0.249. The molecule has 98 valence electrons. The van der Waals surface area contributed by atoms with Crippen molar-refractivity contribution < 1.29 is 15.0 Å². The minimum absolute atomic E-state index is 0.0275. The normalized spacial score (nSPS) is 19.0. The first-order chi connectivity index (χ1) is 8.40. The highest BCUT2D eigenvalue weighted by Gasteiger charge is 2.33. The minimum Gasteiger partial charge on any atom is -0.504 e. The van der Waals surface area contributed by atoms with Gasteiger partial charge < -0.3 is 10.2 Å². The van der Waals surface area contributed by atoms with Crippen molar-refractivity contribution in [1.29, 1.82) is 0 Å². The van der Waals surface area contributed by atoms with E-state index in [1.165, 1.54) is 12.1 Å². The van der Waals surface area contributed by atoms with Gasteiger partial charge in [0.1, 0.15) is 0 Å². The molecule has 0 unspecified atom stereocenters. The molecule has 1 aromatic rings. The molecule has 2 N–H and O–H groups in total. The number of benzene rings is 1. The van der Waals surface area contributed by atoms with E-state index in [0.717, 1.165) is 19.4 Å². The molecule has 0 amide bonds. The summed E-state index contributed by atoms with van der Waals surface area (Å²) in [5.74, 6) is -0.477. The molecule has 1 aromatic carbocycles. The zero-order valence-corrected chi connectivity index (χ0v) is 10.8. The third-order valence-electron chi connectivity index (χ3n) is 3.70. The Labute approximate surface area is 107 Å². The molecule has 0 spiro atoms. The summed E-state index contributed by atoms with van der Waals surface area (Å²) in [6.07, 6.45) is 2.21. The maximum atomic E-state index is 12.1. The second-order valence-electron chi connectivity index (χ2n) is 5.46. The highest BCUT2D eigenvalue weighted by Crippen LogP contribution is 2.29. The molecular formula is C14H19NO3. The second-order valence-corrected chi connectivity index (χ2v) is 5.46. The van der Waals surface area contributed by atoms with Gasteiger partial charge in [0, 0.05) is 11.1 Å². The number of phenolic OH excluding ortho intramolecular Hbond substituents is 2. The zero-order valence-electron chi connectivity index (χ0n) is 10.8. The third kappa shape index (κ3) is 2.48. The van der Waals surface area contributed by atoms with E-state index in [4.69, 9.17) is 0 Å². The van der Waals surface area contributed by atoms with Gasteiger partial charge in [-0.3, -0.25) is 9.69 Å². The van der Waals surface area contributed by atoms with Crippen LogP contribution in [-0.4, -0.2) is 39.5 Å². The van der Waals surface area contributed by atoms with Crippen LogP contribution in [0, 0.1) is 0 Å². The Balaban J connectivity index is 2.10. The number of nitrogens with zero attached hydrogens (tertiary/aromatic N) is 1. The van der Waals surface area contributed by atoms with Crippen LogP contribution in [0.3, 0.4) is 0 Å². The Morgan fingerprint density at radius 1 is 1.33 bits per heavy atom. The maximum absolute atomic E-state index is 12.1. The molecule has 0 atom stereocenters. The lowest BCUT2D eigenvalue weighted by molar-refractivity contribution is 0.0871. The van der Waals surface area contributed by atoms with Crippen molar-refractivity contribution in [2.75, 3.05) is 13.1 Å². The number of likely N-dealkylation sites (tertiary alicyclic amines) is 1. The number of carbonyl (C=O) groups excluding carboxylic acids is 1. The lowest BCUT2D eigenvalue weighted by Crippen LogP contribution is -2.41. The van der Waals surface area contributed by atoms with Gasteiger partial charge in [0.25, 0.3) is 0 Å². The zero-order chi connectivity index (χ0) is 13.3. The Kier molecular flexibility index (Phi) is 3.30. The molecule has 0 aliphatic carbocycles. The highest BCUT2D eigenvalue weighted by molar-refractivity contribution is 5.98. The number of carbonyl (C=O) groups is 1. The lowest BCUT2D eigenvalue weighted by Gasteiger charge is -2.30. The summed E-state index contributed by atoms with van der Waals surface area (Å²) in [6, 6.07) is 4.21. The fourth-order valence-electron chi connectivity index (χ4n) is 2.42. The molecule has 0 bridgehead atoms. The van der Waals surface area contributed by atoms with E-state index >= 15 is 0 Å². The van der Waals surface area contributed by atoms with Crippen molar-refractivity contribution in [2.24, 2.45) is 0 Å². The molecule has 4 heteroatoms. The largest absolute Gasteiger partial charge is 0.504 e. The van der Waals surface area contributed by atoms with Crippen LogP contribution in [0.25, 0.3) is 0 Å². The summed E-state index contributed by atoms with van der Waals surface area (Å²) in [4.78, 5) is 14.3. The Bertz CT molecular complexity index is 468. The Morgan fingerprint density at radius 3 is 2.61 bits per heavy atom. The third-order valence-corrected chi connectivity index (χ3v) is 3.70. The first kappa shape index (κ1) is 12.9. The van der Waals surface area contributed by atoms with Crippen molar-refractivity contribution in [1.82, 2.24) is 4.90 Å². The summed E-state index contributed by atoms with van der Waals surface area (Å²) < 4.78 is 0. The van der Waals surface area contributed by atoms with E-state index in [9.17, 15) is 15.0 Å².